The van der Waals surface area contributed by atoms with E-state index in [0.717, 1.165) is 27.8 Å². The molecule has 0 unspecified atom stereocenters. The van der Waals surface area contributed by atoms with Gasteiger partial charge in [-0.2, -0.15) is 0 Å². The summed E-state index contributed by atoms with van der Waals surface area (Å²) in [6.07, 6.45) is 0. The molecule has 0 aliphatic heterocycles. The van der Waals surface area contributed by atoms with Gasteiger partial charge < -0.3 is 0 Å². The Labute approximate surface area is 108 Å². The van der Waals surface area contributed by atoms with Crippen molar-refractivity contribution in [3.8, 4) is 0 Å². The maximum atomic E-state index is 12.3. The number of carbonyl (C=O) groups excluding carboxylic acids is 1. The van der Waals surface area contributed by atoms with Crippen LogP contribution in [0.4, 0.5) is 0 Å². The van der Waals surface area contributed by atoms with E-state index in [9.17, 15) is 4.79 Å². The van der Waals surface area contributed by atoms with E-state index in [1.165, 1.54) is 0 Å². The van der Waals surface area contributed by atoms with Crippen LogP contribution in [0.15, 0.2) is 53.5 Å². The molecule has 1 aliphatic rings. The summed E-state index contributed by atoms with van der Waals surface area (Å²) >= 11 is 3.40. The number of rotatable bonds is 0. The van der Waals surface area contributed by atoms with Crippen LogP contribution in [0.5, 0.6) is 0 Å². The smallest absolute Gasteiger partial charge is 0.194 e. The van der Waals surface area contributed by atoms with Crippen LogP contribution in [0.2, 0.25) is 0 Å². The monoisotopic (exact) mass is 284 g/mol. The van der Waals surface area contributed by atoms with E-state index in [0.29, 0.717) is 0 Å². The highest BCUT2D eigenvalue weighted by molar-refractivity contribution is 9.11. The first kappa shape index (κ1) is 10.5. The first-order chi connectivity index (χ1) is 8.33. The first-order valence-corrected chi connectivity index (χ1v) is 6.28. The van der Waals surface area contributed by atoms with Gasteiger partial charge in [-0.15, -0.1) is 0 Å². The van der Waals surface area contributed by atoms with Gasteiger partial charge in [-0.05, 0) is 21.7 Å². The summed E-state index contributed by atoms with van der Waals surface area (Å²) in [5, 5.41) is 0. The van der Waals surface area contributed by atoms with Crippen molar-refractivity contribution in [3.63, 3.8) is 0 Å². The molecule has 0 fully saturated rings. The number of halogens is 1. The molecule has 82 valence electrons. The Morgan fingerprint density at radius 3 is 1.59 bits per heavy atom. The van der Waals surface area contributed by atoms with Crippen molar-refractivity contribution >= 4 is 27.3 Å². The molecule has 0 aromatic heterocycles. The molecular formula is C15H9BrO. The molecule has 1 aliphatic carbocycles. The highest BCUT2D eigenvalue weighted by Gasteiger charge is 2.25. The van der Waals surface area contributed by atoms with Crippen molar-refractivity contribution in [3.05, 3.63) is 75.8 Å². The zero-order chi connectivity index (χ0) is 11.8. The molecule has 0 radical (unpaired) electrons. The van der Waals surface area contributed by atoms with E-state index in [1.54, 1.807) is 0 Å². The molecule has 0 atom stereocenters. The van der Waals surface area contributed by atoms with Gasteiger partial charge in [0.05, 0.1) is 0 Å². The van der Waals surface area contributed by atoms with E-state index in [2.05, 4.69) is 15.9 Å². The van der Waals surface area contributed by atoms with E-state index < -0.39 is 0 Å². The highest BCUT2D eigenvalue weighted by atomic mass is 79.9. The van der Waals surface area contributed by atoms with Crippen molar-refractivity contribution in [1.29, 1.82) is 0 Å². The van der Waals surface area contributed by atoms with Crippen molar-refractivity contribution in [1.82, 2.24) is 0 Å². The lowest BCUT2D eigenvalue weighted by molar-refractivity contribution is 0.103. The lowest BCUT2D eigenvalue weighted by Gasteiger charge is -2.20. The Balaban J connectivity index is 2.37. The molecule has 0 saturated heterocycles. The molecule has 1 nitrogen and oxygen atoms in total. The molecule has 3 rings (SSSR count). The predicted molar refractivity (Wildman–Crippen MR) is 72.3 cm³/mol. The number of hydrogen-bond donors (Lipinski definition) is 0. The van der Waals surface area contributed by atoms with Gasteiger partial charge in [0.25, 0.3) is 0 Å². The number of hydrogen-bond acceptors (Lipinski definition) is 1. The average Bonchev–Trinajstić information content (AvgIpc) is 2.40. The fraction of sp³-hybridized carbons (Fsp3) is 0. The van der Waals surface area contributed by atoms with Crippen LogP contribution in [0, 0.1) is 0 Å². The number of fused-ring (bicyclic) bond motifs is 2. The summed E-state index contributed by atoms with van der Waals surface area (Å²) in [7, 11) is 0. The van der Waals surface area contributed by atoms with Gasteiger partial charge in [0, 0.05) is 11.1 Å². The molecule has 0 spiro atoms. The number of ketones is 1. The summed E-state index contributed by atoms with van der Waals surface area (Å²) in [6.45, 7) is 0. The molecule has 0 saturated carbocycles. The summed E-state index contributed by atoms with van der Waals surface area (Å²) in [5.41, 5.74) is 4.60. The molecule has 17 heavy (non-hydrogen) atoms. The second kappa shape index (κ2) is 3.97. The molecular weight excluding hydrogens is 276 g/mol. The third-order valence-electron chi connectivity index (χ3n) is 3.03. The fourth-order valence-electron chi connectivity index (χ4n) is 2.24. The van der Waals surface area contributed by atoms with Crippen LogP contribution in [-0.4, -0.2) is 5.78 Å². The lowest BCUT2D eigenvalue weighted by Crippen LogP contribution is -2.13. The van der Waals surface area contributed by atoms with E-state index in [-0.39, 0.29) is 5.78 Å². The maximum Gasteiger partial charge on any atom is 0.194 e. The van der Waals surface area contributed by atoms with E-state index in [4.69, 9.17) is 0 Å². The van der Waals surface area contributed by atoms with Crippen LogP contribution in [0.25, 0.3) is 5.57 Å². The maximum absolute atomic E-state index is 12.3. The zero-order valence-corrected chi connectivity index (χ0v) is 10.6. The van der Waals surface area contributed by atoms with Crippen LogP contribution in [0.3, 0.4) is 0 Å². The summed E-state index contributed by atoms with van der Waals surface area (Å²) in [6, 6.07) is 15.4. The Kier molecular flexibility index (Phi) is 2.45. The molecule has 0 bridgehead atoms. The zero-order valence-electron chi connectivity index (χ0n) is 8.98. The van der Waals surface area contributed by atoms with Crippen LogP contribution in [-0.2, 0) is 0 Å². The second-order valence-corrected chi connectivity index (χ2v) is 4.40. The topological polar surface area (TPSA) is 17.1 Å². The van der Waals surface area contributed by atoms with Gasteiger partial charge in [0.2, 0.25) is 0 Å². The van der Waals surface area contributed by atoms with Crippen molar-refractivity contribution in [2.75, 3.05) is 0 Å². The summed E-state index contributed by atoms with van der Waals surface area (Å²) in [4.78, 5) is 14.2. The molecule has 0 N–H and O–H groups in total. The minimum atomic E-state index is 0.106. The molecule has 2 aromatic rings. The van der Waals surface area contributed by atoms with Crippen LogP contribution in [0.1, 0.15) is 27.0 Å². The Morgan fingerprint density at radius 2 is 1.18 bits per heavy atom. The number of carbonyl (C=O) groups is 1. The molecule has 0 heterocycles. The SMILES string of the molecule is O=C1c2ccccc2C(=CBr)c2ccccc21. The quantitative estimate of drug-likeness (QED) is 0.610. The first-order valence-electron chi connectivity index (χ1n) is 5.37. The Morgan fingerprint density at radius 1 is 0.765 bits per heavy atom. The molecule has 0 amide bonds. The third-order valence-corrected chi connectivity index (χ3v) is 3.49. The van der Waals surface area contributed by atoms with Gasteiger partial charge in [-0.1, -0.05) is 64.5 Å². The van der Waals surface area contributed by atoms with Crippen molar-refractivity contribution in [2.24, 2.45) is 0 Å². The van der Waals surface area contributed by atoms with Crippen LogP contribution < -0.4 is 0 Å². The van der Waals surface area contributed by atoms with Crippen LogP contribution >= 0.6 is 15.9 Å². The summed E-state index contributed by atoms with van der Waals surface area (Å²) in [5.74, 6) is 0.106. The Hall–Kier alpha value is -1.67. The van der Waals surface area contributed by atoms with Crippen molar-refractivity contribution < 1.29 is 4.79 Å². The standard InChI is InChI=1S/C15H9BrO/c16-9-14-10-5-1-3-7-12(10)15(17)13-8-4-2-6-11(13)14/h1-9H. The van der Waals surface area contributed by atoms with Gasteiger partial charge in [0.1, 0.15) is 0 Å². The Bertz CT molecular complexity index is 589. The lowest BCUT2D eigenvalue weighted by atomic mass is 9.82. The predicted octanol–water partition coefficient (Wildman–Crippen LogP) is 4.02. The highest BCUT2D eigenvalue weighted by Crippen LogP contribution is 2.36. The van der Waals surface area contributed by atoms with Gasteiger partial charge in [-0.25, -0.2) is 0 Å². The molecule has 2 aromatic carbocycles. The minimum absolute atomic E-state index is 0.106. The average molecular weight is 285 g/mol. The largest absolute Gasteiger partial charge is 0.289 e. The molecule has 2 heteroatoms. The van der Waals surface area contributed by atoms with E-state index >= 15 is 0 Å². The van der Waals surface area contributed by atoms with Gasteiger partial charge in [-0.3, -0.25) is 4.79 Å². The fourth-order valence-corrected chi connectivity index (χ4v) is 2.73. The second-order valence-electron chi connectivity index (χ2n) is 3.94. The van der Waals surface area contributed by atoms with Gasteiger partial charge in [0.15, 0.2) is 5.78 Å². The number of benzene rings is 2. The summed E-state index contributed by atoms with van der Waals surface area (Å²) < 4.78 is 0. The van der Waals surface area contributed by atoms with Gasteiger partial charge >= 0.3 is 0 Å². The van der Waals surface area contributed by atoms with E-state index in [1.807, 2.05) is 53.5 Å². The normalized spacial score (nSPS) is 13.0. The minimum Gasteiger partial charge on any atom is -0.289 e. The third kappa shape index (κ3) is 1.48. The van der Waals surface area contributed by atoms with Crippen molar-refractivity contribution in [2.45, 2.75) is 0 Å².